The van der Waals surface area contributed by atoms with E-state index < -0.39 is 0 Å². The summed E-state index contributed by atoms with van der Waals surface area (Å²) in [7, 11) is 0. The minimum atomic E-state index is 0.186. The molecule has 0 heterocycles. The Morgan fingerprint density at radius 1 is 1.11 bits per heavy atom. The van der Waals surface area contributed by atoms with Crippen molar-refractivity contribution in [3.05, 3.63) is 22.8 Å². The molecule has 1 rings (SSSR count). The first-order valence-corrected chi connectivity index (χ1v) is 9.05. The maximum Gasteiger partial charge on any atom is 0.145 e. The number of ether oxygens (including phenoxy) is 1. The largest absolute Gasteiger partial charge is 0.491 e. The van der Waals surface area contributed by atoms with Crippen LogP contribution in [0.2, 0.25) is 0 Å². The lowest BCUT2D eigenvalue weighted by Crippen LogP contribution is -2.36. The Morgan fingerprint density at radius 2 is 1.67 bits per heavy atom. The zero-order valence-corrected chi connectivity index (χ0v) is 17.3. The average Bonchev–Trinajstić information content (AvgIpc) is 2.19. The van der Waals surface area contributed by atoms with Gasteiger partial charge in [-0.2, -0.15) is 0 Å². The summed E-state index contributed by atoms with van der Waals surface area (Å²) < 4.78 is 9.51. The van der Waals surface area contributed by atoms with Crippen molar-refractivity contribution in [1.29, 1.82) is 0 Å². The molecule has 0 aliphatic carbocycles. The smallest absolute Gasteiger partial charge is 0.145 e. The van der Waals surface area contributed by atoms with Gasteiger partial charge in [0.15, 0.2) is 0 Å². The molecule has 0 unspecified atom stereocenters. The zero-order chi connectivity index (χ0) is 13.8. The molecule has 18 heavy (non-hydrogen) atoms. The molecule has 0 fully saturated rings. The average molecular weight is 585 g/mol. The summed E-state index contributed by atoms with van der Waals surface area (Å²) in [6, 6.07) is 4.29. The molecule has 0 atom stereocenters. The van der Waals surface area contributed by atoms with Crippen molar-refractivity contribution in [2.24, 2.45) is 0 Å². The topological polar surface area (TPSA) is 21.3 Å². The highest BCUT2D eigenvalue weighted by atomic mass is 127. The highest BCUT2D eigenvalue weighted by Crippen LogP contribution is 2.29. The summed E-state index contributed by atoms with van der Waals surface area (Å²) >= 11 is 7.00. The van der Waals surface area contributed by atoms with Crippen LogP contribution >= 0.6 is 67.8 Å². The second-order valence-electron chi connectivity index (χ2n) is 5.08. The van der Waals surface area contributed by atoms with E-state index in [4.69, 9.17) is 4.74 Å². The van der Waals surface area contributed by atoms with Crippen molar-refractivity contribution in [2.75, 3.05) is 13.2 Å². The summed E-state index contributed by atoms with van der Waals surface area (Å²) in [6.07, 6.45) is 1.02. The lowest BCUT2D eigenvalue weighted by Gasteiger charge is -2.20. The van der Waals surface area contributed by atoms with Crippen molar-refractivity contribution < 1.29 is 4.74 Å². The summed E-state index contributed by atoms with van der Waals surface area (Å²) in [4.78, 5) is 0. The van der Waals surface area contributed by atoms with Crippen LogP contribution in [0.4, 0.5) is 0 Å². The molecule has 0 spiro atoms. The molecule has 5 heteroatoms. The van der Waals surface area contributed by atoms with Gasteiger partial charge in [-0.1, -0.05) is 0 Å². The normalized spacial score (nSPS) is 11.7. The first-order chi connectivity index (χ1) is 8.29. The Morgan fingerprint density at radius 3 is 2.17 bits per heavy atom. The van der Waals surface area contributed by atoms with Gasteiger partial charge in [0.2, 0.25) is 0 Å². The lowest BCUT2D eigenvalue weighted by atomic mass is 10.1. The van der Waals surface area contributed by atoms with E-state index >= 15 is 0 Å². The molecule has 0 saturated carbocycles. The van der Waals surface area contributed by atoms with Crippen LogP contribution in [0, 0.1) is 10.7 Å². The van der Waals surface area contributed by atoms with Crippen molar-refractivity contribution in [3.63, 3.8) is 0 Å². The van der Waals surface area contributed by atoms with Crippen molar-refractivity contribution >= 4 is 67.8 Å². The van der Waals surface area contributed by atoms with Gasteiger partial charge in [-0.15, -0.1) is 0 Å². The quantitative estimate of drug-likeness (QED) is 0.402. The minimum Gasteiger partial charge on any atom is -0.491 e. The monoisotopic (exact) mass is 585 g/mol. The number of hydrogen-bond donors (Lipinski definition) is 1. The number of hydrogen-bond acceptors (Lipinski definition) is 2. The number of halogens is 3. The molecule has 0 radical (unpaired) electrons. The third-order valence-electron chi connectivity index (χ3n) is 2.19. The molecule has 102 valence electrons. The van der Waals surface area contributed by atoms with Crippen LogP contribution in [-0.4, -0.2) is 18.7 Å². The van der Waals surface area contributed by atoms with Crippen LogP contribution < -0.4 is 10.1 Å². The van der Waals surface area contributed by atoms with Gasteiger partial charge in [0.25, 0.3) is 0 Å². The number of rotatable bonds is 5. The SMILES string of the molecule is CC(C)(C)NCCCOc1c(I)cc(I)cc1I. The summed E-state index contributed by atoms with van der Waals surface area (Å²) in [5.74, 6) is 1.02. The van der Waals surface area contributed by atoms with Gasteiger partial charge in [-0.25, -0.2) is 0 Å². The molecular weight excluding hydrogens is 567 g/mol. The van der Waals surface area contributed by atoms with E-state index in [1.165, 1.54) is 10.7 Å². The predicted octanol–water partition coefficient (Wildman–Crippen LogP) is 4.66. The first-order valence-electron chi connectivity index (χ1n) is 5.82. The van der Waals surface area contributed by atoms with Crippen LogP contribution in [0.5, 0.6) is 5.75 Å². The Hall–Kier alpha value is 1.17. The van der Waals surface area contributed by atoms with Gasteiger partial charge in [-0.3, -0.25) is 0 Å². The third kappa shape index (κ3) is 6.56. The predicted molar refractivity (Wildman–Crippen MR) is 102 cm³/mol. The Kier molecular flexibility index (Phi) is 7.48. The van der Waals surface area contributed by atoms with Crippen LogP contribution in [-0.2, 0) is 0 Å². The summed E-state index contributed by atoms with van der Waals surface area (Å²) in [5, 5.41) is 3.46. The third-order valence-corrected chi connectivity index (χ3v) is 4.41. The van der Waals surface area contributed by atoms with Gasteiger partial charge in [0, 0.05) is 9.11 Å². The highest BCUT2D eigenvalue weighted by Gasteiger charge is 2.09. The van der Waals surface area contributed by atoms with E-state index in [0.717, 1.165) is 25.3 Å². The molecule has 1 aromatic carbocycles. The molecular formula is C13H18I3NO. The Balaban J connectivity index is 2.41. The van der Waals surface area contributed by atoms with Gasteiger partial charge in [0.05, 0.1) is 13.7 Å². The van der Waals surface area contributed by atoms with Gasteiger partial charge < -0.3 is 10.1 Å². The minimum absolute atomic E-state index is 0.186. The first kappa shape index (κ1) is 17.2. The maximum atomic E-state index is 5.88. The van der Waals surface area contributed by atoms with Gasteiger partial charge in [0.1, 0.15) is 5.75 Å². The summed E-state index contributed by atoms with van der Waals surface area (Å²) in [6.45, 7) is 8.29. The van der Waals surface area contributed by atoms with E-state index in [9.17, 15) is 0 Å². The fourth-order valence-electron chi connectivity index (χ4n) is 1.38. The van der Waals surface area contributed by atoms with Crippen molar-refractivity contribution in [2.45, 2.75) is 32.7 Å². The molecule has 0 aliphatic heterocycles. The van der Waals surface area contributed by atoms with Crippen LogP contribution in [0.3, 0.4) is 0 Å². The summed E-state index contributed by atoms with van der Waals surface area (Å²) in [5.41, 5.74) is 0.186. The van der Waals surface area contributed by atoms with E-state index in [-0.39, 0.29) is 5.54 Å². The molecule has 0 saturated heterocycles. The molecule has 1 N–H and O–H groups in total. The van der Waals surface area contributed by atoms with Crippen molar-refractivity contribution in [3.8, 4) is 5.75 Å². The maximum absolute atomic E-state index is 5.88. The van der Waals surface area contributed by atoms with E-state index in [1.807, 2.05) is 0 Å². The molecule has 0 amide bonds. The molecule has 1 aromatic rings. The second-order valence-corrected chi connectivity index (χ2v) is 8.65. The van der Waals surface area contributed by atoms with Crippen molar-refractivity contribution in [1.82, 2.24) is 5.32 Å². The van der Waals surface area contributed by atoms with Crippen LogP contribution in [0.1, 0.15) is 27.2 Å². The molecule has 2 nitrogen and oxygen atoms in total. The molecule has 0 bridgehead atoms. The highest BCUT2D eigenvalue weighted by molar-refractivity contribution is 14.1. The second kappa shape index (κ2) is 7.82. The Labute approximate surface area is 150 Å². The van der Waals surface area contributed by atoms with E-state index in [2.05, 4.69) is 106 Å². The fraction of sp³-hybridized carbons (Fsp3) is 0.538. The van der Waals surface area contributed by atoms with Gasteiger partial charge >= 0.3 is 0 Å². The lowest BCUT2D eigenvalue weighted by molar-refractivity contribution is 0.294. The van der Waals surface area contributed by atoms with Crippen LogP contribution in [0.25, 0.3) is 0 Å². The Bertz CT molecular complexity index is 379. The van der Waals surface area contributed by atoms with E-state index in [0.29, 0.717) is 0 Å². The zero-order valence-electron chi connectivity index (χ0n) is 10.8. The van der Waals surface area contributed by atoms with Crippen LogP contribution in [0.15, 0.2) is 12.1 Å². The number of nitrogens with one attached hydrogen (secondary N) is 1. The standard InChI is InChI=1S/C13H18I3NO/c1-13(2,3)17-5-4-6-18-12-10(15)7-9(14)8-11(12)16/h7-8,17H,4-6H2,1-3H3. The van der Waals surface area contributed by atoms with Gasteiger partial charge in [-0.05, 0) is 114 Å². The molecule has 0 aromatic heterocycles. The molecule has 0 aliphatic rings. The van der Waals surface area contributed by atoms with E-state index in [1.54, 1.807) is 0 Å². The number of benzene rings is 1. The fourth-order valence-corrected chi connectivity index (χ4v) is 5.27.